The molecular weight excluding hydrogens is 369 g/mol. The molecule has 0 aliphatic rings. The number of ether oxygens (including phenoxy) is 1. The van der Waals surface area contributed by atoms with Crippen molar-refractivity contribution >= 4 is 17.2 Å². The first-order valence-corrected chi connectivity index (χ1v) is 9.25. The van der Waals surface area contributed by atoms with Crippen LogP contribution in [0.1, 0.15) is 19.5 Å². The molecule has 2 aromatic heterocycles. The minimum Gasteiger partial charge on any atom is -0.491 e. The number of benzene rings is 1. The number of aliphatic hydroxyl groups excluding tert-OH is 1. The van der Waals surface area contributed by atoms with Crippen LogP contribution >= 0.6 is 11.6 Å². The van der Waals surface area contributed by atoms with Crippen LogP contribution in [0.2, 0.25) is 5.02 Å². The Morgan fingerprint density at radius 2 is 1.96 bits per heavy atom. The summed E-state index contributed by atoms with van der Waals surface area (Å²) in [6.45, 7) is 3.46. The Labute approximate surface area is 162 Å². The zero-order valence-corrected chi connectivity index (χ0v) is 16.1. The summed E-state index contributed by atoms with van der Waals surface area (Å²) < 4.78 is 19.5. The summed E-state index contributed by atoms with van der Waals surface area (Å²) in [6, 6.07) is 11.1. The summed E-state index contributed by atoms with van der Waals surface area (Å²) in [5, 5.41) is 14.1. The van der Waals surface area contributed by atoms with E-state index in [1.54, 1.807) is 24.4 Å². The monoisotopic (exact) mass is 391 g/mol. The number of hydrogen-bond donors (Lipinski definition) is 2. The maximum absolute atomic E-state index is 12.3. The molecule has 0 amide bonds. The number of nitrogens with one attached hydrogen (secondary N) is 1. The van der Waals surface area contributed by atoms with E-state index < -0.39 is 12.9 Å². The van der Waals surface area contributed by atoms with Crippen molar-refractivity contribution in [2.45, 2.75) is 32.5 Å². The molecule has 0 spiro atoms. The number of aliphatic hydroxyl groups is 1. The smallest absolute Gasteiger partial charge is 0.137 e. The molecule has 0 saturated heterocycles. The molecule has 1 atom stereocenters. The fourth-order valence-electron chi connectivity index (χ4n) is 2.99. The second-order valence-electron chi connectivity index (χ2n) is 6.59. The normalized spacial score (nSPS) is 12.7. The highest BCUT2D eigenvalue weighted by Crippen LogP contribution is 2.28. The van der Waals surface area contributed by atoms with Gasteiger partial charge >= 0.3 is 0 Å². The lowest BCUT2D eigenvalue weighted by molar-refractivity contribution is 0.126. The van der Waals surface area contributed by atoms with Gasteiger partial charge in [-0.2, -0.15) is 0 Å². The fourth-order valence-corrected chi connectivity index (χ4v) is 3.15. The Balaban J connectivity index is 1.99. The third-order valence-corrected chi connectivity index (χ3v) is 4.29. The number of imidazole rings is 1. The van der Waals surface area contributed by atoms with Crippen molar-refractivity contribution in [2.24, 2.45) is 0 Å². The molecule has 7 heteroatoms. The molecule has 2 heterocycles. The van der Waals surface area contributed by atoms with E-state index in [-0.39, 0.29) is 12.6 Å². The first kappa shape index (κ1) is 19.6. The second kappa shape index (κ2) is 8.69. The van der Waals surface area contributed by atoms with Crippen molar-refractivity contribution in [3.63, 3.8) is 0 Å². The molecule has 1 aromatic carbocycles. The largest absolute Gasteiger partial charge is 0.491 e. The van der Waals surface area contributed by atoms with Gasteiger partial charge in [-0.05, 0) is 50.2 Å². The van der Waals surface area contributed by atoms with Crippen LogP contribution in [0.3, 0.4) is 0 Å². The van der Waals surface area contributed by atoms with E-state index in [4.69, 9.17) is 21.3 Å². The maximum atomic E-state index is 12.3. The summed E-state index contributed by atoms with van der Waals surface area (Å²) >= 11 is 6.16. The van der Waals surface area contributed by atoms with Crippen LogP contribution in [0.5, 0.6) is 5.75 Å². The number of aromatic nitrogens is 2. The van der Waals surface area contributed by atoms with Gasteiger partial charge in [0.15, 0.2) is 0 Å². The molecule has 3 aromatic rings. The zero-order valence-electron chi connectivity index (χ0n) is 15.3. The Morgan fingerprint density at radius 3 is 2.63 bits per heavy atom. The number of hydrogen-bond acceptors (Lipinski definition) is 4. The summed E-state index contributed by atoms with van der Waals surface area (Å²) in [4.78, 5) is 4.71. The molecule has 5 nitrogen and oxygen atoms in total. The van der Waals surface area contributed by atoms with Gasteiger partial charge in [0, 0.05) is 24.2 Å². The lowest BCUT2D eigenvalue weighted by Gasteiger charge is -2.16. The Morgan fingerprint density at radius 1 is 1.22 bits per heavy atom. The quantitative estimate of drug-likeness (QED) is 0.572. The van der Waals surface area contributed by atoms with Gasteiger partial charge in [-0.1, -0.05) is 11.6 Å². The van der Waals surface area contributed by atoms with Crippen LogP contribution in [0, 0.1) is 0 Å². The standard InChI is InChI=1S/C20H23ClFN3O2/c1-13(2)23-19(26)11-17-20(24-18-8-5-15(21)12-25(17)18)14-3-6-16(7-4-14)27-10-9-22/h3-8,12-13,19,23,26H,9-11H2,1-2H3/t19-/m0/s1. The highest BCUT2D eigenvalue weighted by atomic mass is 35.5. The van der Waals surface area contributed by atoms with E-state index in [0.29, 0.717) is 17.2 Å². The second-order valence-corrected chi connectivity index (χ2v) is 7.02. The van der Waals surface area contributed by atoms with Crippen molar-refractivity contribution in [1.29, 1.82) is 0 Å². The molecule has 27 heavy (non-hydrogen) atoms. The van der Waals surface area contributed by atoms with Crippen molar-refractivity contribution in [3.8, 4) is 17.0 Å². The van der Waals surface area contributed by atoms with Gasteiger partial charge in [-0.25, -0.2) is 9.37 Å². The van der Waals surface area contributed by atoms with E-state index in [0.717, 1.165) is 22.6 Å². The molecule has 0 saturated carbocycles. The predicted octanol–water partition coefficient (Wildman–Crippen LogP) is 3.86. The lowest BCUT2D eigenvalue weighted by atomic mass is 10.1. The highest BCUT2D eigenvalue weighted by Gasteiger charge is 2.18. The average molecular weight is 392 g/mol. The van der Waals surface area contributed by atoms with E-state index in [1.165, 1.54) is 0 Å². The third-order valence-electron chi connectivity index (χ3n) is 4.07. The maximum Gasteiger partial charge on any atom is 0.137 e. The molecule has 0 radical (unpaired) electrons. The summed E-state index contributed by atoms with van der Waals surface area (Å²) in [5.41, 5.74) is 3.25. The summed E-state index contributed by atoms with van der Waals surface area (Å²) in [7, 11) is 0. The molecule has 0 unspecified atom stereocenters. The summed E-state index contributed by atoms with van der Waals surface area (Å²) in [6.07, 6.45) is 1.45. The summed E-state index contributed by atoms with van der Waals surface area (Å²) in [5.74, 6) is 0.603. The SMILES string of the molecule is CC(C)N[C@@H](O)Cc1c(-c2ccc(OCCF)cc2)nc2ccc(Cl)cn12. The van der Waals surface area contributed by atoms with Gasteiger partial charge in [-0.15, -0.1) is 0 Å². The molecule has 3 rings (SSSR count). The Bertz CT molecular complexity index is 896. The lowest BCUT2D eigenvalue weighted by Crippen LogP contribution is -2.36. The third kappa shape index (κ3) is 4.77. The molecule has 0 aliphatic heterocycles. The first-order valence-electron chi connectivity index (χ1n) is 8.87. The molecule has 0 bridgehead atoms. The van der Waals surface area contributed by atoms with Gasteiger partial charge in [0.1, 0.15) is 30.9 Å². The molecule has 0 aliphatic carbocycles. The van der Waals surface area contributed by atoms with Crippen molar-refractivity contribution in [1.82, 2.24) is 14.7 Å². The van der Waals surface area contributed by atoms with Crippen LogP contribution in [0.15, 0.2) is 42.6 Å². The zero-order chi connectivity index (χ0) is 19.4. The minimum atomic E-state index is -0.713. The number of halogens is 2. The highest BCUT2D eigenvalue weighted by molar-refractivity contribution is 6.30. The number of fused-ring (bicyclic) bond motifs is 1. The number of alkyl halides is 1. The van der Waals surface area contributed by atoms with Gasteiger partial charge in [0.05, 0.1) is 16.4 Å². The average Bonchev–Trinajstić information content (AvgIpc) is 2.97. The van der Waals surface area contributed by atoms with Crippen LogP contribution in [0.25, 0.3) is 16.9 Å². The number of nitrogens with zero attached hydrogens (tertiary/aromatic N) is 2. The molecule has 2 N–H and O–H groups in total. The first-order chi connectivity index (χ1) is 13.0. The fraction of sp³-hybridized carbons (Fsp3) is 0.350. The van der Waals surface area contributed by atoms with E-state index in [1.807, 2.05) is 36.4 Å². The van der Waals surface area contributed by atoms with Crippen molar-refractivity contribution in [2.75, 3.05) is 13.3 Å². The number of pyridine rings is 1. The van der Waals surface area contributed by atoms with Gasteiger partial charge in [-0.3, -0.25) is 5.32 Å². The molecule has 0 fully saturated rings. The Kier molecular flexibility index (Phi) is 6.31. The van der Waals surface area contributed by atoms with E-state index in [9.17, 15) is 9.50 Å². The van der Waals surface area contributed by atoms with Crippen molar-refractivity contribution < 1.29 is 14.2 Å². The topological polar surface area (TPSA) is 58.8 Å². The van der Waals surface area contributed by atoms with E-state index >= 15 is 0 Å². The molecule has 144 valence electrons. The molecular formula is C20H23ClFN3O2. The van der Waals surface area contributed by atoms with Crippen LogP contribution in [-0.2, 0) is 6.42 Å². The van der Waals surface area contributed by atoms with Crippen LogP contribution < -0.4 is 10.1 Å². The minimum absolute atomic E-state index is 0.0323. The van der Waals surface area contributed by atoms with E-state index in [2.05, 4.69) is 5.32 Å². The number of rotatable bonds is 8. The van der Waals surface area contributed by atoms with Gasteiger partial charge < -0.3 is 14.2 Å². The van der Waals surface area contributed by atoms with Crippen molar-refractivity contribution in [3.05, 3.63) is 53.3 Å². The Hall–Kier alpha value is -2.15. The van der Waals surface area contributed by atoms with Crippen LogP contribution in [-0.4, -0.2) is 40.0 Å². The van der Waals surface area contributed by atoms with Gasteiger partial charge in [0.2, 0.25) is 0 Å². The van der Waals surface area contributed by atoms with Gasteiger partial charge in [0.25, 0.3) is 0 Å². The van der Waals surface area contributed by atoms with Crippen LogP contribution in [0.4, 0.5) is 4.39 Å². The predicted molar refractivity (Wildman–Crippen MR) is 105 cm³/mol.